The van der Waals surface area contributed by atoms with E-state index in [1.807, 2.05) is 44.2 Å². The molecule has 0 aromatic heterocycles. The number of ether oxygens (including phenoxy) is 3. The molecule has 0 radical (unpaired) electrons. The number of nitro benzene ring substituents is 1. The zero-order valence-corrected chi connectivity index (χ0v) is 21.1. The van der Waals surface area contributed by atoms with E-state index >= 15 is 0 Å². The van der Waals surface area contributed by atoms with E-state index in [-0.39, 0.29) is 17.3 Å². The third-order valence-electron chi connectivity index (χ3n) is 5.21. The fourth-order valence-electron chi connectivity index (χ4n) is 3.41. The highest BCUT2D eigenvalue weighted by Gasteiger charge is 2.25. The molecule has 1 aliphatic rings. The third kappa shape index (κ3) is 5.68. The lowest BCUT2D eigenvalue weighted by Crippen LogP contribution is -2.05. The molecule has 1 aliphatic heterocycles. The normalized spacial score (nSPS) is 14.0. The summed E-state index contributed by atoms with van der Waals surface area (Å²) in [6.07, 6.45) is 1.61. The topological polar surface area (TPSA) is 100 Å². The van der Waals surface area contributed by atoms with Crippen molar-refractivity contribution in [3.63, 3.8) is 0 Å². The molecule has 0 bridgehead atoms. The quantitative estimate of drug-likeness (QED) is 0.109. The highest BCUT2D eigenvalue weighted by Crippen LogP contribution is 2.36. The van der Waals surface area contributed by atoms with E-state index in [0.717, 1.165) is 14.7 Å². The average Bonchev–Trinajstić information content (AvgIpc) is 3.20. The molecule has 9 heteroatoms. The van der Waals surface area contributed by atoms with E-state index in [0.29, 0.717) is 35.8 Å². The van der Waals surface area contributed by atoms with E-state index in [2.05, 4.69) is 27.6 Å². The van der Waals surface area contributed by atoms with Crippen molar-refractivity contribution < 1.29 is 23.9 Å². The predicted octanol–water partition coefficient (Wildman–Crippen LogP) is 5.83. The fourth-order valence-corrected chi connectivity index (χ4v) is 4.19. The lowest BCUT2D eigenvalue weighted by molar-refractivity contribution is -0.384. The Balaban J connectivity index is 1.60. The number of aliphatic imine (C=N–C) groups is 1. The van der Waals surface area contributed by atoms with Gasteiger partial charge < -0.3 is 14.2 Å². The maximum absolute atomic E-state index is 12.4. The minimum atomic E-state index is -0.605. The number of benzene rings is 3. The number of nitrogens with zero attached hydrogens (tertiary/aromatic N) is 2. The predicted molar refractivity (Wildman–Crippen MR) is 140 cm³/mol. The summed E-state index contributed by atoms with van der Waals surface area (Å²) in [4.78, 5) is 27.1. The van der Waals surface area contributed by atoms with Crippen LogP contribution in [0.3, 0.4) is 0 Å². The summed E-state index contributed by atoms with van der Waals surface area (Å²) < 4.78 is 18.0. The van der Waals surface area contributed by atoms with Crippen LogP contribution in [0.15, 0.2) is 71.4 Å². The molecule has 4 rings (SSSR count). The Morgan fingerprint density at radius 1 is 1.11 bits per heavy atom. The highest BCUT2D eigenvalue weighted by atomic mass is 127. The van der Waals surface area contributed by atoms with E-state index < -0.39 is 10.9 Å². The Hall–Kier alpha value is -3.73. The summed E-state index contributed by atoms with van der Waals surface area (Å²) in [7, 11) is 0. The van der Waals surface area contributed by atoms with Gasteiger partial charge in [-0.2, -0.15) is 0 Å². The van der Waals surface area contributed by atoms with Gasteiger partial charge in [0.05, 0.1) is 15.1 Å². The van der Waals surface area contributed by atoms with Crippen LogP contribution in [0.25, 0.3) is 6.08 Å². The van der Waals surface area contributed by atoms with Gasteiger partial charge in [0.2, 0.25) is 5.90 Å². The van der Waals surface area contributed by atoms with Gasteiger partial charge in [-0.25, -0.2) is 9.79 Å². The molecule has 0 saturated heterocycles. The molecule has 178 valence electrons. The first-order chi connectivity index (χ1) is 16.9. The summed E-state index contributed by atoms with van der Waals surface area (Å²) in [6.45, 7) is 4.77. The summed E-state index contributed by atoms with van der Waals surface area (Å²) in [5.41, 5.74) is 3.45. The van der Waals surface area contributed by atoms with Gasteiger partial charge in [-0.05, 0) is 83.5 Å². The number of non-ortho nitro benzene ring substituents is 1. The number of nitro groups is 1. The lowest BCUT2D eigenvalue weighted by atomic mass is 10.1. The second-order valence-corrected chi connectivity index (χ2v) is 8.78. The van der Waals surface area contributed by atoms with Gasteiger partial charge >= 0.3 is 5.97 Å². The Kier molecular flexibility index (Phi) is 7.45. The number of cyclic esters (lactones) is 1. The Bertz CT molecular complexity index is 1350. The first-order valence-electron chi connectivity index (χ1n) is 10.8. The fraction of sp³-hybridized carbons (Fsp3) is 0.154. The Labute approximate surface area is 215 Å². The summed E-state index contributed by atoms with van der Waals surface area (Å²) >= 11 is 2.17. The molecule has 0 atom stereocenters. The van der Waals surface area contributed by atoms with Crippen LogP contribution in [-0.2, 0) is 16.1 Å². The number of halogens is 1. The molecular formula is C26H21IN2O6. The SMILES string of the molecule is CCOc1cc(/C=C2\N=C(c3ccc([N+](=O)[O-])cc3)OC2=O)cc(I)c1OCc1ccccc1C. The average molecular weight is 584 g/mol. The molecule has 3 aromatic rings. The number of carbonyl (C=O) groups is 1. The van der Waals surface area contributed by atoms with Crippen molar-refractivity contribution >= 4 is 46.2 Å². The summed E-state index contributed by atoms with van der Waals surface area (Å²) in [5, 5.41) is 10.9. The molecule has 0 N–H and O–H groups in total. The van der Waals surface area contributed by atoms with Crippen LogP contribution in [0.2, 0.25) is 0 Å². The van der Waals surface area contributed by atoms with E-state index in [1.54, 1.807) is 12.1 Å². The minimum Gasteiger partial charge on any atom is -0.490 e. The molecule has 35 heavy (non-hydrogen) atoms. The van der Waals surface area contributed by atoms with Gasteiger partial charge in [-0.1, -0.05) is 24.3 Å². The third-order valence-corrected chi connectivity index (χ3v) is 6.02. The van der Waals surface area contributed by atoms with Crippen molar-refractivity contribution in [2.24, 2.45) is 4.99 Å². The second-order valence-electron chi connectivity index (χ2n) is 7.62. The highest BCUT2D eigenvalue weighted by molar-refractivity contribution is 14.1. The van der Waals surface area contributed by atoms with Crippen molar-refractivity contribution in [2.45, 2.75) is 20.5 Å². The van der Waals surface area contributed by atoms with Crippen LogP contribution in [0.5, 0.6) is 11.5 Å². The van der Waals surface area contributed by atoms with Gasteiger partial charge in [0, 0.05) is 17.7 Å². The van der Waals surface area contributed by atoms with Crippen molar-refractivity contribution in [2.75, 3.05) is 6.61 Å². The molecule has 3 aromatic carbocycles. The first-order valence-corrected chi connectivity index (χ1v) is 11.8. The zero-order chi connectivity index (χ0) is 24.9. The first kappa shape index (κ1) is 24.4. The molecule has 0 unspecified atom stereocenters. The van der Waals surface area contributed by atoms with Gasteiger partial charge in [0.1, 0.15) is 6.61 Å². The number of aryl methyl sites for hydroxylation is 1. The molecule has 0 aliphatic carbocycles. The molecule has 0 spiro atoms. The zero-order valence-electron chi connectivity index (χ0n) is 19.0. The van der Waals surface area contributed by atoms with E-state index in [1.165, 1.54) is 24.3 Å². The lowest BCUT2D eigenvalue weighted by Gasteiger charge is -2.15. The Morgan fingerprint density at radius 2 is 1.86 bits per heavy atom. The second kappa shape index (κ2) is 10.7. The molecule has 0 saturated carbocycles. The number of rotatable bonds is 8. The maximum Gasteiger partial charge on any atom is 0.363 e. The van der Waals surface area contributed by atoms with Crippen LogP contribution in [0, 0.1) is 20.6 Å². The van der Waals surface area contributed by atoms with Crippen molar-refractivity contribution in [1.29, 1.82) is 0 Å². The monoisotopic (exact) mass is 584 g/mol. The molecule has 8 nitrogen and oxygen atoms in total. The van der Waals surface area contributed by atoms with Crippen LogP contribution < -0.4 is 9.47 Å². The summed E-state index contributed by atoms with van der Waals surface area (Å²) in [6, 6.07) is 17.3. The molecule has 1 heterocycles. The van der Waals surface area contributed by atoms with Crippen molar-refractivity contribution in [1.82, 2.24) is 0 Å². The Morgan fingerprint density at radius 3 is 2.54 bits per heavy atom. The van der Waals surface area contributed by atoms with Crippen molar-refractivity contribution in [3.05, 3.63) is 102 Å². The minimum absolute atomic E-state index is 0.0581. The van der Waals surface area contributed by atoms with Crippen LogP contribution >= 0.6 is 22.6 Å². The number of carbonyl (C=O) groups excluding carboxylic acids is 1. The molecular weight excluding hydrogens is 563 g/mol. The van der Waals surface area contributed by atoms with Gasteiger partial charge in [-0.15, -0.1) is 0 Å². The maximum atomic E-state index is 12.4. The molecule has 0 amide bonds. The van der Waals surface area contributed by atoms with E-state index in [4.69, 9.17) is 14.2 Å². The van der Waals surface area contributed by atoms with E-state index in [9.17, 15) is 14.9 Å². The van der Waals surface area contributed by atoms with Gasteiger partial charge in [0.25, 0.3) is 5.69 Å². The largest absolute Gasteiger partial charge is 0.490 e. The van der Waals surface area contributed by atoms with Crippen LogP contribution in [-0.4, -0.2) is 23.4 Å². The van der Waals surface area contributed by atoms with Crippen molar-refractivity contribution in [3.8, 4) is 11.5 Å². The number of hydrogen-bond donors (Lipinski definition) is 0. The molecule has 0 fully saturated rings. The smallest absolute Gasteiger partial charge is 0.363 e. The number of hydrogen-bond acceptors (Lipinski definition) is 7. The van der Waals surface area contributed by atoms with Crippen LogP contribution in [0.4, 0.5) is 5.69 Å². The summed E-state index contributed by atoms with van der Waals surface area (Å²) in [5.74, 6) is 0.674. The standard InChI is InChI=1S/C26H21IN2O6/c1-3-33-23-14-17(12-21(27)24(23)34-15-19-7-5-4-6-16(19)2)13-22-26(30)35-25(28-22)18-8-10-20(11-9-18)29(31)32/h4-14H,3,15H2,1-2H3/b22-13-. The number of esters is 1. The van der Waals surface area contributed by atoms with Gasteiger partial charge in [-0.3, -0.25) is 10.1 Å². The van der Waals surface area contributed by atoms with Crippen LogP contribution in [0.1, 0.15) is 29.2 Å². The van der Waals surface area contributed by atoms with Gasteiger partial charge in [0.15, 0.2) is 17.2 Å².